The van der Waals surface area contributed by atoms with Gasteiger partial charge in [0.25, 0.3) is 0 Å². The summed E-state index contributed by atoms with van der Waals surface area (Å²) < 4.78 is 5.22. The van der Waals surface area contributed by atoms with Crippen molar-refractivity contribution in [3.8, 4) is 0 Å². The smallest absolute Gasteiger partial charge is 0.408 e. The summed E-state index contributed by atoms with van der Waals surface area (Å²) in [5, 5.41) is 5.35. The molecule has 0 aliphatic heterocycles. The van der Waals surface area contributed by atoms with Gasteiger partial charge >= 0.3 is 6.09 Å². The summed E-state index contributed by atoms with van der Waals surface area (Å²) in [5.74, 6) is -0.229. The summed E-state index contributed by atoms with van der Waals surface area (Å²) >= 11 is 0. The quantitative estimate of drug-likeness (QED) is 0.604. The highest BCUT2D eigenvalue weighted by molar-refractivity contribution is 5.87. The predicted octanol–water partition coefficient (Wildman–Crippen LogP) is 3.25. The number of hydrogen-bond acceptors (Lipinski definition) is 4. The third-order valence-electron chi connectivity index (χ3n) is 4.32. The molecule has 2 aromatic rings. The van der Waals surface area contributed by atoms with Gasteiger partial charge in [0, 0.05) is 0 Å². The van der Waals surface area contributed by atoms with Gasteiger partial charge in [-0.2, -0.15) is 0 Å². The highest BCUT2D eigenvalue weighted by Crippen LogP contribution is 2.08. The average molecular weight is 396 g/mol. The number of amides is 2. The molecule has 29 heavy (non-hydrogen) atoms. The lowest BCUT2D eigenvalue weighted by Gasteiger charge is -2.22. The van der Waals surface area contributed by atoms with Crippen LogP contribution in [0, 0.1) is 5.92 Å². The standard InChI is InChI=1S/C23H28N2O4/c1-17(2)13-21(25-23(28)29-16-19-11-7-4-8-12-19)22(27)24-20(15-26)14-18-9-5-3-6-10-18/h3-12,15,17,20-21H,13-14,16H2,1-2H3,(H,24,27)(H,25,28)/t20-,21-/m0/s1. The zero-order chi connectivity index (χ0) is 21.1. The maximum atomic E-state index is 12.7. The number of benzene rings is 2. The fourth-order valence-electron chi connectivity index (χ4n) is 2.89. The van der Waals surface area contributed by atoms with E-state index in [9.17, 15) is 14.4 Å². The lowest BCUT2D eigenvalue weighted by molar-refractivity contribution is -0.126. The molecular weight excluding hydrogens is 368 g/mol. The van der Waals surface area contributed by atoms with Crippen molar-refractivity contribution in [3.05, 3.63) is 71.8 Å². The van der Waals surface area contributed by atoms with Gasteiger partial charge < -0.3 is 20.2 Å². The molecule has 6 nitrogen and oxygen atoms in total. The molecule has 0 saturated heterocycles. The second-order valence-electron chi connectivity index (χ2n) is 7.33. The maximum Gasteiger partial charge on any atom is 0.408 e. The monoisotopic (exact) mass is 396 g/mol. The van der Waals surface area contributed by atoms with E-state index in [1.165, 1.54) is 0 Å². The Balaban J connectivity index is 1.93. The van der Waals surface area contributed by atoms with Crippen molar-refractivity contribution < 1.29 is 19.1 Å². The van der Waals surface area contributed by atoms with Crippen molar-refractivity contribution in [1.29, 1.82) is 0 Å². The van der Waals surface area contributed by atoms with Crippen LogP contribution < -0.4 is 10.6 Å². The number of ether oxygens (including phenoxy) is 1. The molecule has 0 unspecified atom stereocenters. The van der Waals surface area contributed by atoms with Crippen molar-refractivity contribution in [1.82, 2.24) is 10.6 Å². The molecule has 0 aromatic heterocycles. The van der Waals surface area contributed by atoms with Crippen molar-refractivity contribution in [3.63, 3.8) is 0 Å². The van der Waals surface area contributed by atoms with Crippen molar-refractivity contribution in [2.24, 2.45) is 5.92 Å². The molecule has 154 valence electrons. The molecule has 0 radical (unpaired) electrons. The topological polar surface area (TPSA) is 84.5 Å². The van der Waals surface area contributed by atoms with E-state index in [0.29, 0.717) is 19.1 Å². The molecule has 2 rings (SSSR count). The van der Waals surface area contributed by atoms with E-state index in [0.717, 1.165) is 11.1 Å². The van der Waals surface area contributed by atoms with Gasteiger partial charge in [0.05, 0.1) is 6.04 Å². The molecule has 0 fully saturated rings. The lowest BCUT2D eigenvalue weighted by atomic mass is 10.0. The van der Waals surface area contributed by atoms with Crippen molar-refractivity contribution in [2.45, 2.75) is 45.4 Å². The molecule has 0 saturated carbocycles. The van der Waals surface area contributed by atoms with E-state index < -0.39 is 24.1 Å². The van der Waals surface area contributed by atoms with Gasteiger partial charge in [-0.05, 0) is 29.9 Å². The number of hydrogen-bond donors (Lipinski definition) is 2. The molecule has 2 atom stereocenters. The minimum atomic E-state index is -0.781. The van der Waals surface area contributed by atoms with Crippen molar-refractivity contribution >= 4 is 18.3 Å². The first-order valence-corrected chi connectivity index (χ1v) is 9.74. The van der Waals surface area contributed by atoms with Gasteiger partial charge in [-0.1, -0.05) is 74.5 Å². The van der Waals surface area contributed by atoms with Gasteiger partial charge in [-0.25, -0.2) is 4.79 Å². The van der Waals surface area contributed by atoms with Crippen LogP contribution in [0.1, 0.15) is 31.4 Å². The van der Waals surface area contributed by atoms with Crippen LogP contribution in [0.5, 0.6) is 0 Å². The zero-order valence-electron chi connectivity index (χ0n) is 16.8. The largest absolute Gasteiger partial charge is 0.445 e. The van der Waals surface area contributed by atoms with E-state index in [1.807, 2.05) is 74.5 Å². The highest BCUT2D eigenvalue weighted by atomic mass is 16.5. The van der Waals surface area contributed by atoms with E-state index in [1.54, 1.807) is 0 Å². The summed E-state index contributed by atoms with van der Waals surface area (Å²) in [6.45, 7) is 4.03. The van der Waals surface area contributed by atoms with Gasteiger partial charge in [-0.3, -0.25) is 4.79 Å². The molecule has 0 heterocycles. The van der Waals surface area contributed by atoms with Gasteiger partial charge in [-0.15, -0.1) is 0 Å². The number of nitrogens with one attached hydrogen (secondary N) is 2. The first-order valence-electron chi connectivity index (χ1n) is 9.74. The number of carbonyl (C=O) groups excluding carboxylic acids is 3. The lowest BCUT2D eigenvalue weighted by Crippen LogP contribution is -2.51. The Morgan fingerprint density at radius 1 is 0.931 bits per heavy atom. The second-order valence-corrected chi connectivity index (χ2v) is 7.33. The Morgan fingerprint density at radius 2 is 1.52 bits per heavy atom. The number of aldehydes is 1. The molecule has 2 N–H and O–H groups in total. The van der Waals surface area contributed by atoms with Crippen LogP contribution in [0.2, 0.25) is 0 Å². The van der Waals surface area contributed by atoms with Crippen LogP contribution >= 0.6 is 0 Å². The van der Waals surface area contributed by atoms with E-state index in [-0.39, 0.29) is 12.5 Å². The zero-order valence-corrected chi connectivity index (χ0v) is 16.8. The third-order valence-corrected chi connectivity index (χ3v) is 4.32. The van der Waals surface area contributed by atoms with Gasteiger partial charge in [0.2, 0.25) is 5.91 Å². The fraction of sp³-hybridized carbons (Fsp3) is 0.348. The molecular formula is C23H28N2O4. The molecule has 0 aliphatic rings. The first kappa shape index (κ1) is 22.1. The van der Waals surface area contributed by atoms with Crippen LogP contribution in [0.3, 0.4) is 0 Å². The Morgan fingerprint density at radius 3 is 2.07 bits per heavy atom. The minimum Gasteiger partial charge on any atom is -0.445 e. The molecule has 0 bridgehead atoms. The van der Waals surface area contributed by atoms with Crippen LogP contribution in [-0.4, -0.2) is 30.4 Å². The summed E-state index contributed by atoms with van der Waals surface area (Å²) in [6, 6.07) is 17.3. The predicted molar refractivity (Wildman–Crippen MR) is 111 cm³/mol. The molecule has 0 spiro atoms. The van der Waals surface area contributed by atoms with Gasteiger partial charge in [0.1, 0.15) is 18.9 Å². The summed E-state index contributed by atoms with van der Waals surface area (Å²) in [5.41, 5.74) is 1.80. The SMILES string of the molecule is CC(C)C[C@H](NC(=O)OCc1ccccc1)C(=O)N[C@H](C=O)Cc1ccccc1. The van der Waals surface area contributed by atoms with Crippen molar-refractivity contribution in [2.75, 3.05) is 0 Å². The van der Waals surface area contributed by atoms with Gasteiger partial charge in [0.15, 0.2) is 0 Å². The van der Waals surface area contributed by atoms with E-state index >= 15 is 0 Å². The van der Waals surface area contributed by atoms with E-state index in [2.05, 4.69) is 10.6 Å². The van der Waals surface area contributed by atoms with Crippen LogP contribution in [0.25, 0.3) is 0 Å². The molecule has 6 heteroatoms. The maximum absolute atomic E-state index is 12.7. The number of carbonyl (C=O) groups is 3. The number of alkyl carbamates (subject to hydrolysis) is 1. The molecule has 2 amide bonds. The van der Waals surface area contributed by atoms with E-state index in [4.69, 9.17) is 4.74 Å². The first-order chi connectivity index (χ1) is 14.0. The minimum absolute atomic E-state index is 0.119. The normalized spacial score (nSPS) is 12.7. The summed E-state index contributed by atoms with van der Waals surface area (Å²) in [7, 11) is 0. The Hall–Kier alpha value is -3.15. The Kier molecular flexibility index (Phi) is 8.89. The summed E-state index contributed by atoms with van der Waals surface area (Å²) in [6.07, 6.45) is 0.873. The van der Waals surface area contributed by atoms with Crippen LogP contribution in [0.4, 0.5) is 4.79 Å². The molecule has 2 aromatic carbocycles. The fourth-order valence-corrected chi connectivity index (χ4v) is 2.89. The van der Waals surface area contributed by atoms with Crippen LogP contribution in [-0.2, 0) is 27.4 Å². The Labute approximate surface area is 171 Å². The summed E-state index contributed by atoms with van der Waals surface area (Å²) in [4.78, 5) is 36.3. The highest BCUT2D eigenvalue weighted by Gasteiger charge is 2.25. The average Bonchev–Trinajstić information content (AvgIpc) is 2.72. The second kappa shape index (κ2) is 11.6. The Bertz CT molecular complexity index is 778. The molecule has 0 aliphatic carbocycles. The van der Waals surface area contributed by atoms with Crippen LogP contribution in [0.15, 0.2) is 60.7 Å². The third kappa shape index (κ3) is 8.17. The number of rotatable bonds is 10.